The predicted molar refractivity (Wildman–Crippen MR) is 177 cm³/mol. The van der Waals surface area contributed by atoms with Crippen molar-refractivity contribution in [3.63, 3.8) is 0 Å². The van der Waals surface area contributed by atoms with E-state index in [1.807, 2.05) is 60.7 Å². The van der Waals surface area contributed by atoms with Gasteiger partial charge in [0.05, 0.1) is 0 Å². The topological polar surface area (TPSA) is 180 Å². The Balaban J connectivity index is 1.28. The molecule has 2 atom stereocenters. The molecule has 0 spiro atoms. The van der Waals surface area contributed by atoms with E-state index >= 15 is 0 Å². The smallest absolute Gasteiger partial charge is 0.356 e. The molecule has 1 fully saturated rings. The number of nitrogens with zero attached hydrogens (tertiary/aromatic N) is 7. The molecule has 2 aliphatic rings. The Hall–Kier alpha value is -4.74. The number of nitrogen functional groups attached to an aromatic ring is 1. The van der Waals surface area contributed by atoms with Crippen LogP contribution in [0.25, 0.3) is 0 Å². The lowest BCUT2D eigenvalue weighted by Gasteiger charge is -2.49. The number of tetrazole rings is 1. The van der Waals surface area contributed by atoms with Crippen LogP contribution in [-0.4, -0.2) is 83.1 Å². The largest absolute Gasteiger partial charge is 0.448 e. The summed E-state index contributed by atoms with van der Waals surface area (Å²) in [6.45, 7) is 1.95. The van der Waals surface area contributed by atoms with Crippen molar-refractivity contribution in [2.75, 3.05) is 23.8 Å². The lowest BCUT2D eigenvalue weighted by molar-refractivity contribution is -0.154. The number of benzene rings is 2. The zero-order valence-electron chi connectivity index (χ0n) is 25.2. The van der Waals surface area contributed by atoms with Gasteiger partial charge in [0.25, 0.3) is 11.8 Å². The Morgan fingerprint density at radius 3 is 2.45 bits per heavy atom. The number of fused-ring (bicyclic) bond motifs is 1. The third-order valence-electron chi connectivity index (χ3n) is 7.18. The molecular formula is C30H29N9O5S3. The molecule has 0 radical (unpaired) electrons. The van der Waals surface area contributed by atoms with Crippen LogP contribution in [0.15, 0.2) is 87.6 Å². The molecule has 2 aromatic carbocycles. The van der Waals surface area contributed by atoms with E-state index in [2.05, 4.69) is 31.0 Å². The Kier molecular flexibility index (Phi) is 9.84. The van der Waals surface area contributed by atoms with E-state index in [1.54, 1.807) is 19.4 Å². The number of nitrogens with one attached hydrogen (secondary N) is 1. The molecule has 242 valence electrons. The SMILES string of the molecule is CCON=C(C(=O)N[C@@H]1C(=O)N2C(C(=O)OC(c3ccccc3)c3ccccc3)=C(CSc3nnnn3C)CS[C@@H]12)c1csc(N)n1. The summed E-state index contributed by atoms with van der Waals surface area (Å²) in [6.07, 6.45) is -0.725. The molecule has 4 aromatic rings. The first-order valence-electron chi connectivity index (χ1n) is 14.4. The molecule has 17 heteroatoms. The van der Waals surface area contributed by atoms with Gasteiger partial charge in [0.1, 0.15) is 29.4 Å². The Bertz CT molecular complexity index is 1790. The highest BCUT2D eigenvalue weighted by molar-refractivity contribution is 8.01. The lowest BCUT2D eigenvalue weighted by Crippen LogP contribution is -2.71. The van der Waals surface area contributed by atoms with Crippen molar-refractivity contribution in [3.05, 3.63) is 94.1 Å². The van der Waals surface area contributed by atoms with Crippen molar-refractivity contribution >= 4 is 63.5 Å². The molecule has 47 heavy (non-hydrogen) atoms. The zero-order valence-corrected chi connectivity index (χ0v) is 27.6. The minimum atomic E-state index is -0.936. The van der Waals surface area contributed by atoms with Gasteiger partial charge in [0.15, 0.2) is 16.9 Å². The molecule has 1 saturated heterocycles. The first-order chi connectivity index (χ1) is 22.9. The molecule has 0 unspecified atom stereocenters. The fourth-order valence-corrected chi connectivity index (χ4v) is 7.85. The number of nitrogens with two attached hydrogens (primary N) is 1. The Morgan fingerprint density at radius 2 is 1.85 bits per heavy atom. The molecule has 2 amide bonds. The Labute approximate surface area is 281 Å². The predicted octanol–water partition coefficient (Wildman–Crippen LogP) is 2.77. The van der Waals surface area contributed by atoms with E-state index < -0.39 is 35.3 Å². The number of esters is 1. The van der Waals surface area contributed by atoms with Gasteiger partial charge in [-0.2, -0.15) is 0 Å². The molecule has 6 rings (SSSR count). The van der Waals surface area contributed by atoms with E-state index in [0.717, 1.165) is 22.5 Å². The molecule has 0 aliphatic carbocycles. The van der Waals surface area contributed by atoms with Crippen LogP contribution in [0.4, 0.5) is 5.13 Å². The minimum absolute atomic E-state index is 0.107. The van der Waals surface area contributed by atoms with Gasteiger partial charge >= 0.3 is 5.97 Å². The van der Waals surface area contributed by atoms with Gasteiger partial charge in [-0.15, -0.1) is 28.2 Å². The maximum Gasteiger partial charge on any atom is 0.356 e. The second-order valence-electron chi connectivity index (χ2n) is 10.2. The summed E-state index contributed by atoms with van der Waals surface area (Å²) in [5, 5.41) is 20.1. The number of thioether (sulfide) groups is 2. The number of anilines is 1. The minimum Gasteiger partial charge on any atom is -0.448 e. The highest BCUT2D eigenvalue weighted by Gasteiger charge is 2.55. The number of ether oxygens (including phenoxy) is 1. The van der Waals surface area contributed by atoms with E-state index in [0.29, 0.717) is 22.2 Å². The van der Waals surface area contributed by atoms with Gasteiger partial charge in [-0.1, -0.05) is 77.6 Å². The average Bonchev–Trinajstić information content (AvgIpc) is 3.72. The van der Waals surface area contributed by atoms with Crippen LogP contribution in [0.3, 0.4) is 0 Å². The number of aryl methyl sites for hydroxylation is 1. The first-order valence-corrected chi connectivity index (χ1v) is 17.3. The first kappa shape index (κ1) is 32.2. The van der Waals surface area contributed by atoms with Gasteiger partial charge in [-0.05, 0) is 34.1 Å². The molecule has 2 aromatic heterocycles. The normalized spacial score (nSPS) is 17.7. The van der Waals surface area contributed by atoms with Crippen LogP contribution >= 0.6 is 34.9 Å². The Morgan fingerprint density at radius 1 is 1.15 bits per heavy atom. The van der Waals surface area contributed by atoms with Crippen LogP contribution in [0, 0.1) is 0 Å². The van der Waals surface area contributed by atoms with Crippen molar-refractivity contribution in [2.45, 2.75) is 29.6 Å². The number of hydrogen-bond acceptors (Lipinski definition) is 14. The maximum atomic E-state index is 14.2. The third-order valence-corrected chi connectivity index (χ3v) is 10.3. The molecular weight excluding hydrogens is 663 g/mol. The second kappa shape index (κ2) is 14.4. The number of rotatable bonds is 12. The van der Waals surface area contributed by atoms with Gasteiger partial charge in [-0.25, -0.2) is 14.5 Å². The lowest BCUT2D eigenvalue weighted by atomic mass is 10.0. The number of β-lactam (4-membered cyclic amide) rings is 1. The second-order valence-corrected chi connectivity index (χ2v) is 13.2. The summed E-state index contributed by atoms with van der Waals surface area (Å²) in [5.74, 6) is -1.05. The summed E-state index contributed by atoms with van der Waals surface area (Å²) < 4.78 is 7.74. The molecule has 4 heterocycles. The molecule has 14 nitrogen and oxygen atoms in total. The molecule has 0 bridgehead atoms. The summed E-state index contributed by atoms with van der Waals surface area (Å²) in [5.41, 5.74) is 8.27. The van der Waals surface area contributed by atoms with Crippen molar-refractivity contribution in [1.29, 1.82) is 0 Å². The number of aromatic nitrogens is 5. The van der Waals surface area contributed by atoms with Crippen LogP contribution < -0.4 is 11.1 Å². The molecule has 3 N–H and O–H groups in total. The number of oxime groups is 1. The highest BCUT2D eigenvalue weighted by Crippen LogP contribution is 2.42. The van der Waals surface area contributed by atoms with Gasteiger partial charge in [0, 0.05) is 23.9 Å². The summed E-state index contributed by atoms with van der Waals surface area (Å²) >= 11 is 3.91. The van der Waals surface area contributed by atoms with E-state index in [9.17, 15) is 14.4 Å². The number of carbonyl (C=O) groups is 3. The maximum absolute atomic E-state index is 14.2. The van der Waals surface area contributed by atoms with Gasteiger partial charge in [0.2, 0.25) is 5.16 Å². The van der Waals surface area contributed by atoms with E-state index in [1.165, 1.54) is 33.1 Å². The quantitative estimate of drug-likeness (QED) is 0.0731. The number of thiazole rings is 1. The van der Waals surface area contributed by atoms with Crippen LogP contribution in [-0.2, 0) is 31.0 Å². The molecule has 0 saturated carbocycles. The summed E-state index contributed by atoms with van der Waals surface area (Å²) in [4.78, 5) is 52.1. The number of amides is 2. The monoisotopic (exact) mass is 691 g/mol. The van der Waals surface area contributed by atoms with Crippen molar-refractivity contribution in [3.8, 4) is 0 Å². The van der Waals surface area contributed by atoms with Crippen LogP contribution in [0.2, 0.25) is 0 Å². The summed E-state index contributed by atoms with van der Waals surface area (Å²) in [6, 6.07) is 17.9. The zero-order chi connectivity index (χ0) is 32.9. The van der Waals surface area contributed by atoms with Crippen molar-refractivity contribution in [1.82, 2.24) is 35.4 Å². The van der Waals surface area contributed by atoms with Crippen molar-refractivity contribution < 1.29 is 24.0 Å². The van der Waals surface area contributed by atoms with Gasteiger partial charge < -0.3 is 20.6 Å². The fourth-order valence-electron chi connectivity index (χ4n) is 4.96. The number of hydrogen-bond donors (Lipinski definition) is 2. The standard InChI is InChI=1S/C30H29N9O5S3/c1-3-43-35-21(20-16-46-29(31)32-20)25(40)33-22-26(41)39-23(19(14-45-27(22)39)15-47-30-34-36-37-38(30)2)28(42)44-24(17-10-6-4-7-11-17)18-12-8-5-9-13-18/h4-13,16,22,24,27H,3,14-15H2,1-2H3,(H2,31,32)(H,33,40)/t22-,27+/m1/s1. The average molecular weight is 692 g/mol. The van der Waals surface area contributed by atoms with Crippen LogP contribution in [0.1, 0.15) is 29.8 Å². The molecule has 2 aliphatic heterocycles. The third kappa shape index (κ3) is 6.86. The highest BCUT2D eigenvalue weighted by atomic mass is 32.2. The van der Waals surface area contributed by atoms with Crippen molar-refractivity contribution in [2.24, 2.45) is 12.2 Å². The fraction of sp³-hybridized carbons (Fsp3) is 0.267. The van der Waals surface area contributed by atoms with Crippen LogP contribution in [0.5, 0.6) is 0 Å². The van der Waals surface area contributed by atoms with Gasteiger partial charge in [-0.3, -0.25) is 14.5 Å². The van der Waals surface area contributed by atoms with E-state index in [4.69, 9.17) is 15.3 Å². The summed E-state index contributed by atoms with van der Waals surface area (Å²) in [7, 11) is 1.72. The number of carbonyl (C=O) groups excluding carboxylic acids is 3. The van der Waals surface area contributed by atoms with E-state index in [-0.39, 0.29) is 28.8 Å².